The Hall–Kier alpha value is -1.89. The molecule has 1 N–H and O–H groups in total. The third-order valence-electron chi connectivity index (χ3n) is 3.14. The summed E-state index contributed by atoms with van der Waals surface area (Å²) >= 11 is 9.60. The summed E-state index contributed by atoms with van der Waals surface area (Å²) in [6.07, 6.45) is 1.65. The number of hydrogen-bond acceptors (Lipinski definition) is 5. The lowest BCUT2D eigenvalue weighted by molar-refractivity contribution is -0.118. The standard InChI is InChI=1S/C16H9ClIN3O2S/c17-11-6-12(18)15(14-10(11)2-1-4-20-14)23-8-13(22)21-16-9(7-19)3-5-24-16/h1-6H,8H2,(H,21,22). The predicted molar refractivity (Wildman–Crippen MR) is 103 cm³/mol. The molecule has 3 rings (SSSR count). The monoisotopic (exact) mass is 469 g/mol. The van der Waals surface area contributed by atoms with E-state index in [0.29, 0.717) is 26.9 Å². The topological polar surface area (TPSA) is 75.0 Å². The molecular weight excluding hydrogens is 461 g/mol. The Labute approximate surface area is 160 Å². The Morgan fingerprint density at radius 2 is 2.33 bits per heavy atom. The first kappa shape index (κ1) is 17.0. The molecular formula is C16H9ClIN3O2S. The van der Waals surface area contributed by atoms with Crippen LogP contribution in [-0.2, 0) is 4.79 Å². The summed E-state index contributed by atoms with van der Waals surface area (Å²) in [5, 5.41) is 15.2. The van der Waals surface area contributed by atoms with Crippen molar-refractivity contribution in [2.45, 2.75) is 0 Å². The third-order valence-corrected chi connectivity index (χ3v) is 5.08. The van der Waals surface area contributed by atoms with E-state index in [0.717, 1.165) is 8.96 Å². The fourth-order valence-corrected chi connectivity index (χ4v) is 4.00. The summed E-state index contributed by atoms with van der Waals surface area (Å²) in [6.45, 7) is -0.188. The van der Waals surface area contributed by atoms with Gasteiger partial charge >= 0.3 is 0 Å². The van der Waals surface area contributed by atoms with Crippen LogP contribution in [0.5, 0.6) is 5.75 Å². The molecule has 0 bridgehead atoms. The zero-order valence-corrected chi connectivity index (χ0v) is 15.8. The summed E-state index contributed by atoms with van der Waals surface area (Å²) in [5.74, 6) is 0.168. The van der Waals surface area contributed by atoms with Crippen LogP contribution in [0.1, 0.15) is 5.56 Å². The second-order valence-electron chi connectivity index (χ2n) is 4.68. The summed E-state index contributed by atoms with van der Waals surface area (Å²) in [5.41, 5.74) is 1.04. The highest BCUT2D eigenvalue weighted by molar-refractivity contribution is 14.1. The van der Waals surface area contributed by atoms with Crippen LogP contribution in [0, 0.1) is 14.9 Å². The highest BCUT2D eigenvalue weighted by Gasteiger charge is 2.14. The Morgan fingerprint density at radius 1 is 1.50 bits per heavy atom. The van der Waals surface area contributed by atoms with Gasteiger partial charge in [-0.05, 0) is 52.2 Å². The van der Waals surface area contributed by atoms with Crippen LogP contribution in [0.3, 0.4) is 0 Å². The van der Waals surface area contributed by atoms with Crippen molar-refractivity contribution in [3.8, 4) is 11.8 Å². The normalized spacial score (nSPS) is 10.4. The van der Waals surface area contributed by atoms with E-state index in [4.69, 9.17) is 21.6 Å². The zero-order valence-electron chi connectivity index (χ0n) is 12.0. The van der Waals surface area contributed by atoms with Crippen LogP contribution in [0.15, 0.2) is 35.8 Å². The number of pyridine rings is 1. The molecule has 24 heavy (non-hydrogen) atoms. The smallest absolute Gasteiger partial charge is 0.262 e. The molecule has 0 spiro atoms. The average Bonchev–Trinajstić information content (AvgIpc) is 3.01. The molecule has 0 fully saturated rings. The lowest BCUT2D eigenvalue weighted by Crippen LogP contribution is -2.20. The van der Waals surface area contributed by atoms with E-state index >= 15 is 0 Å². The van der Waals surface area contributed by atoms with Gasteiger partial charge in [0.25, 0.3) is 5.91 Å². The molecule has 8 heteroatoms. The molecule has 0 saturated heterocycles. The first-order chi connectivity index (χ1) is 11.6. The van der Waals surface area contributed by atoms with E-state index in [-0.39, 0.29) is 12.5 Å². The number of aromatic nitrogens is 1. The van der Waals surface area contributed by atoms with Crippen molar-refractivity contribution in [1.29, 1.82) is 5.26 Å². The van der Waals surface area contributed by atoms with Gasteiger partial charge in [0.15, 0.2) is 12.4 Å². The highest BCUT2D eigenvalue weighted by Crippen LogP contribution is 2.34. The van der Waals surface area contributed by atoms with Crippen molar-refractivity contribution in [3.63, 3.8) is 0 Å². The summed E-state index contributed by atoms with van der Waals surface area (Å²) in [7, 11) is 0. The number of rotatable bonds is 4. The number of nitrogens with one attached hydrogen (secondary N) is 1. The summed E-state index contributed by atoms with van der Waals surface area (Å²) in [4.78, 5) is 16.4. The van der Waals surface area contributed by atoms with Gasteiger partial charge < -0.3 is 10.1 Å². The number of fused-ring (bicyclic) bond motifs is 1. The first-order valence-electron chi connectivity index (χ1n) is 6.73. The molecule has 0 atom stereocenters. The molecule has 2 heterocycles. The highest BCUT2D eigenvalue weighted by atomic mass is 127. The molecule has 0 saturated carbocycles. The van der Waals surface area contributed by atoms with Gasteiger partial charge in [0.2, 0.25) is 0 Å². The lowest BCUT2D eigenvalue weighted by atomic mass is 10.2. The van der Waals surface area contributed by atoms with Gasteiger partial charge in [0.05, 0.1) is 14.2 Å². The van der Waals surface area contributed by atoms with Crippen LogP contribution >= 0.6 is 45.5 Å². The van der Waals surface area contributed by atoms with Crippen molar-refractivity contribution in [1.82, 2.24) is 4.98 Å². The first-order valence-corrected chi connectivity index (χ1v) is 9.06. The SMILES string of the molecule is N#Cc1ccsc1NC(=O)COc1c(I)cc(Cl)c2cccnc12. The predicted octanol–water partition coefficient (Wildman–Crippen LogP) is 4.44. The number of carbonyl (C=O) groups is 1. The minimum atomic E-state index is -0.344. The van der Waals surface area contributed by atoms with Crippen LogP contribution < -0.4 is 10.1 Å². The number of halogens is 2. The van der Waals surface area contributed by atoms with Gasteiger partial charge in [0.1, 0.15) is 16.6 Å². The number of nitriles is 1. The van der Waals surface area contributed by atoms with Crippen molar-refractivity contribution in [3.05, 3.63) is 50.0 Å². The van der Waals surface area contributed by atoms with Crippen molar-refractivity contribution >= 4 is 67.3 Å². The van der Waals surface area contributed by atoms with Crippen LogP contribution in [0.4, 0.5) is 5.00 Å². The number of amides is 1. The van der Waals surface area contributed by atoms with Gasteiger partial charge in [0, 0.05) is 11.6 Å². The number of carbonyl (C=O) groups excluding carboxylic acids is 1. The molecule has 3 aromatic rings. The fraction of sp³-hybridized carbons (Fsp3) is 0.0625. The van der Waals surface area contributed by atoms with E-state index in [1.807, 2.05) is 12.1 Å². The quantitative estimate of drug-likeness (QED) is 0.573. The maximum Gasteiger partial charge on any atom is 0.262 e. The van der Waals surface area contributed by atoms with Gasteiger partial charge in [-0.3, -0.25) is 9.78 Å². The third kappa shape index (κ3) is 3.45. The maximum atomic E-state index is 12.1. The lowest BCUT2D eigenvalue weighted by Gasteiger charge is -2.11. The maximum absolute atomic E-state index is 12.1. The number of anilines is 1. The average molecular weight is 470 g/mol. The number of hydrogen-bond donors (Lipinski definition) is 1. The molecule has 0 aliphatic carbocycles. The summed E-state index contributed by atoms with van der Waals surface area (Å²) in [6, 6.07) is 9.08. The van der Waals surface area contributed by atoms with Gasteiger partial charge in [-0.15, -0.1) is 11.3 Å². The van der Waals surface area contributed by atoms with E-state index in [2.05, 4.69) is 32.9 Å². The summed E-state index contributed by atoms with van der Waals surface area (Å²) < 4.78 is 6.44. The van der Waals surface area contributed by atoms with E-state index in [1.54, 1.807) is 29.8 Å². The number of nitrogens with zero attached hydrogens (tertiary/aromatic N) is 2. The minimum absolute atomic E-state index is 0.188. The molecule has 0 unspecified atom stereocenters. The minimum Gasteiger partial charge on any atom is -0.480 e. The van der Waals surface area contributed by atoms with Gasteiger partial charge in [-0.25, -0.2) is 0 Å². The van der Waals surface area contributed by atoms with Crippen LogP contribution in [0.25, 0.3) is 10.9 Å². The van der Waals surface area contributed by atoms with Crippen molar-refractivity contribution in [2.24, 2.45) is 0 Å². The zero-order chi connectivity index (χ0) is 17.1. The number of benzene rings is 1. The van der Waals surface area contributed by atoms with E-state index in [1.165, 1.54) is 11.3 Å². The molecule has 2 aromatic heterocycles. The fourth-order valence-electron chi connectivity index (χ4n) is 2.08. The molecule has 120 valence electrons. The molecule has 5 nitrogen and oxygen atoms in total. The molecule has 0 radical (unpaired) electrons. The van der Waals surface area contributed by atoms with E-state index in [9.17, 15) is 4.79 Å². The molecule has 0 aliphatic rings. The number of thiophene rings is 1. The van der Waals surface area contributed by atoms with Crippen LogP contribution in [0.2, 0.25) is 5.02 Å². The Bertz CT molecular complexity index is 968. The van der Waals surface area contributed by atoms with Crippen LogP contribution in [-0.4, -0.2) is 17.5 Å². The molecule has 1 aromatic carbocycles. The van der Waals surface area contributed by atoms with Crippen molar-refractivity contribution < 1.29 is 9.53 Å². The number of ether oxygens (including phenoxy) is 1. The molecule has 1 amide bonds. The van der Waals surface area contributed by atoms with Gasteiger partial charge in [-0.2, -0.15) is 5.26 Å². The Morgan fingerprint density at radius 3 is 3.12 bits per heavy atom. The Kier molecular flexibility index (Phi) is 5.18. The van der Waals surface area contributed by atoms with Crippen molar-refractivity contribution in [2.75, 3.05) is 11.9 Å². The second-order valence-corrected chi connectivity index (χ2v) is 7.17. The second kappa shape index (κ2) is 7.34. The van der Waals surface area contributed by atoms with Gasteiger partial charge in [-0.1, -0.05) is 11.6 Å². The van der Waals surface area contributed by atoms with E-state index < -0.39 is 0 Å². The Balaban J connectivity index is 1.79. The molecule has 0 aliphatic heterocycles. The largest absolute Gasteiger partial charge is 0.480 e.